The average molecular weight is 328 g/mol. The number of carbonyl (C=O) groups excluding carboxylic acids is 1. The first kappa shape index (κ1) is 17.0. The molecule has 0 radical (unpaired) electrons. The standard InChI is InChI=1S/C14H24N4O3S/c1-11(2)9-17-10-15-7-12(17)8-16-14(19)13-5-4-6-18(13)22(3,20)21/h7,10-11,13H,4-6,8-9H2,1-3H3,(H,16,19)/t13-/m0/s1. The van der Waals surface area contributed by atoms with E-state index in [1.54, 1.807) is 12.5 Å². The highest BCUT2D eigenvalue weighted by molar-refractivity contribution is 7.88. The molecule has 7 nitrogen and oxygen atoms in total. The lowest BCUT2D eigenvalue weighted by molar-refractivity contribution is -0.124. The van der Waals surface area contributed by atoms with Crippen LogP contribution in [-0.4, -0.2) is 47.0 Å². The highest BCUT2D eigenvalue weighted by Crippen LogP contribution is 2.20. The molecule has 1 fully saturated rings. The van der Waals surface area contributed by atoms with Crippen LogP contribution >= 0.6 is 0 Å². The summed E-state index contributed by atoms with van der Waals surface area (Å²) in [7, 11) is -3.34. The summed E-state index contributed by atoms with van der Waals surface area (Å²) in [5.41, 5.74) is 0.922. The summed E-state index contributed by atoms with van der Waals surface area (Å²) in [6, 6.07) is -0.587. The van der Waals surface area contributed by atoms with Gasteiger partial charge in [-0.1, -0.05) is 13.8 Å². The van der Waals surface area contributed by atoms with Gasteiger partial charge >= 0.3 is 0 Å². The largest absolute Gasteiger partial charge is 0.349 e. The summed E-state index contributed by atoms with van der Waals surface area (Å²) < 4.78 is 26.7. The van der Waals surface area contributed by atoms with Crippen molar-refractivity contribution in [3.63, 3.8) is 0 Å². The van der Waals surface area contributed by atoms with Crippen LogP contribution in [0.25, 0.3) is 0 Å². The van der Waals surface area contributed by atoms with Gasteiger partial charge in [-0.3, -0.25) is 4.79 Å². The van der Waals surface area contributed by atoms with Gasteiger partial charge in [0.25, 0.3) is 0 Å². The fraction of sp³-hybridized carbons (Fsp3) is 0.714. The van der Waals surface area contributed by atoms with Crippen LogP contribution in [0.4, 0.5) is 0 Å². The van der Waals surface area contributed by atoms with Crippen molar-refractivity contribution in [1.29, 1.82) is 0 Å². The minimum absolute atomic E-state index is 0.236. The summed E-state index contributed by atoms with van der Waals surface area (Å²) >= 11 is 0. The molecule has 1 saturated heterocycles. The van der Waals surface area contributed by atoms with Crippen LogP contribution in [-0.2, 0) is 27.9 Å². The van der Waals surface area contributed by atoms with Crippen molar-refractivity contribution < 1.29 is 13.2 Å². The maximum atomic E-state index is 12.3. The van der Waals surface area contributed by atoms with Gasteiger partial charge in [0, 0.05) is 19.3 Å². The number of nitrogens with one attached hydrogen (secondary N) is 1. The van der Waals surface area contributed by atoms with E-state index in [0.29, 0.717) is 25.4 Å². The van der Waals surface area contributed by atoms with Gasteiger partial charge in [-0.25, -0.2) is 13.4 Å². The number of sulfonamides is 1. The number of carbonyl (C=O) groups is 1. The molecule has 2 rings (SSSR count). The van der Waals surface area contributed by atoms with E-state index < -0.39 is 16.1 Å². The molecule has 0 bridgehead atoms. The topological polar surface area (TPSA) is 84.3 Å². The maximum absolute atomic E-state index is 12.3. The van der Waals surface area contributed by atoms with E-state index in [2.05, 4.69) is 24.1 Å². The van der Waals surface area contributed by atoms with Gasteiger partial charge in [0.05, 0.1) is 24.8 Å². The van der Waals surface area contributed by atoms with Crippen LogP contribution in [0.1, 0.15) is 32.4 Å². The molecule has 22 heavy (non-hydrogen) atoms. The van der Waals surface area contributed by atoms with Crippen molar-refractivity contribution >= 4 is 15.9 Å². The third kappa shape index (κ3) is 4.07. The van der Waals surface area contributed by atoms with Crippen LogP contribution in [0.3, 0.4) is 0 Å². The summed E-state index contributed by atoms with van der Waals surface area (Å²) in [5, 5.41) is 2.84. The predicted molar refractivity (Wildman–Crippen MR) is 83.5 cm³/mol. The van der Waals surface area contributed by atoms with Gasteiger partial charge in [-0.2, -0.15) is 4.31 Å². The second-order valence-corrected chi connectivity index (χ2v) is 8.12. The zero-order valence-electron chi connectivity index (χ0n) is 13.3. The van der Waals surface area contributed by atoms with Crippen molar-refractivity contribution in [1.82, 2.24) is 19.2 Å². The van der Waals surface area contributed by atoms with E-state index >= 15 is 0 Å². The molecule has 1 N–H and O–H groups in total. The van der Waals surface area contributed by atoms with E-state index in [4.69, 9.17) is 0 Å². The molecule has 1 aliphatic heterocycles. The summed E-state index contributed by atoms with van der Waals surface area (Å²) in [4.78, 5) is 16.4. The van der Waals surface area contributed by atoms with Gasteiger partial charge in [-0.05, 0) is 18.8 Å². The maximum Gasteiger partial charge on any atom is 0.238 e. The van der Waals surface area contributed by atoms with Crippen LogP contribution in [0.2, 0.25) is 0 Å². The van der Waals surface area contributed by atoms with E-state index in [-0.39, 0.29) is 5.91 Å². The van der Waals surface area contributed by atoms with Crippen LogP contribution in [0.15, 0.2) is 12.5 Å². The molecule has 1 aromatic rings. The van der Waals surface area contributed by atoms with Gasteiger partial charge in [0.1, 0.15) is 6.04 Å². The van der Waals surface area contributed by atoms with Gasteiger partial charge in [0.2, 0.25) is 15.9 Å². The summed E-state index contributed by atoms with van der Waals surface area (Å²) in [6.07, 6.45) is 5.92. The Morgan fingerprint density at radius 1 is 1.50 bits per heavy atom. The molecule has 0 spiro atoms. The van der Waals surface area contributed by atoms with Crippen LogP contribution < -0.4 is 5.32 Å². The van der Waals surface area contributed by atoms with Crippen molar-refractivity contribution in [3.05, 3.63) is 18.2 Å². The molecule has 1 aromatic heterocycles. The lowest BCUT2D eigenvalue weighted by Gasteiger charge is -2.21. The van der Waals surface area contributed by atoms with E-state index in [0.717, 1.165) is 24.9 Å². The zero-order valence-corrected chi connectivity index (χ0v) is 14.1. The van der Waals surface area contributed by atoms with Gasteiger partial charge in [-0.15, -0.1) is 0 Å². The first-order valence-electron chi connectivity index (χ1n) is 7.52. The molecule has 124 valence electrons. The smallest absolute Gasteiger partial charge is 0.238 e. The van der Waals surface area contributed by atoms with E-state index in [1.807, 2.05) is 4.57 Å². The van der Waals surface area contributed by atoms with Crippen molar-refractivity contribution in [2.45, 2.75) is 45.8 Å². The molecule has 0 saturated carbocycles. The quantitative estimate of drug-likeness (QED) is 0.828. The number of rotatable bonds is 6. The Hall–Kier alpha value is -1.41. The number of hydrogen-bond donors (Lipinski definition) is 1. The molecular weight excluding hydrogens is 304 g/mol. The molecule has 0 unspecified atom stereocenters. The number of imidazole rings is 1. The third-order valence-electron chi connectivity index (χ3n) is 3.74. The molecule has 1 amide bonds. The molecule has 1 atom stereocenters. The monoisotopic (exact) mass is 328 g/mol. The minimum atomic E-state index is -3.34. The highest BCUT2D eigenvalue weighted by atomic mass is 32.2. The van der Waals surface area contributed by atoms with Crippen LogP contribution in [0, 0.1) is 5.92 Å². The Balaban J connectivity index is 1.97. The lowest BCUT2D eigenvalue weighted by atomic mass is 10.2. The Morgan fingerprint density at radius 3 is 2.86 bits per heavy atom. The van der Waals surface area contributed by atoms with Crippen LogP contribution in [0.5, 0.6) is 0 Å². The fourth-order valence-corrected chi connectivity index (χ4v) is 3.87. The van der Waals surface area contributed by atoms with Crippen molar-refractivity contribution in [2.24, 2.45) is 5.92 Å². The fourth-order valence-electron chi connectivity index (χ4n) is 2.75. The number of aromatic nitrogens is 2. The Kier molecular flexibility index (Phi) is 5.23. The molecule has 2 heterocycles. The lowest BCUT2D eigenvalue weighted by Crippen LogP contribution is -2.45. The Morgan fingerprint density at radius 2 is 2.23 bits per heavy atom. The van der Waals surface area contributed by atoms with E-state index in [1.165, 1.54) is 4.31 Å². The summed E-state index contributed by atoms with van der Waals surface area (Å²) in [5.74, 6) is 0.249. The number of hydrogen-bond acceptors (Lipinski definition) is 4. The second kappa shape index (κ2) is 6.78. The molecule has 1 aliphatic rings. The third-order valence-corrected chi connectivity index (χ3v) is 5.03. The second-order valence-electron chi connectivity index (χ2n) is 6.18. The number of amides is 1. The predicted octanol–water partition coefficient (Wildman–Crippen LogP) is 0.579. The number of nitrogens with zero attached hydrogens (tertiary/aromatic N) is 3. The molecular formula is C14H24N4O3S. The SMILES string of the molecule is CC(C)Cn1cncc1CNC(=O)[C@@H]1CCCN1S(C)(=O)=O. The first-order valence-corrected chi connectivity index (χ1v) is 9.37. The molecule has 0 aliphatic carbocycles. The highest BCUT2D eigenvalue weighted by Gasteiger charge is 2.36. The Labute approximate surface area is 131 Å². The average Bonchev–Trinajstić information content (AvgIpc) is 3.03. The summed E-state index contributed by atoms with van der Waals surface area (Å²) in [6.45, 7) is 5.85. The van der Waals surface area contributed by atoms with Crippen molar-refractivity contribution in [3.8, 4) is 0 Å². The first-order chi connectivity index (χ1) is 10.3. The minimum Gasteiger partial charge on any atom is -0.349 e. The van der Waals surface area contributed by atoms with E-state index in [9.17, 15) is 13.2 Å². The van der Waals surface area contributed by atoms with Gasteiger partial charge in [0.15, 0.2) is 0 Å². The van der Waals surface area contributed by atoms with Crippen molar-refractivity contribution in [2.75, 3.05) is 12.8 Å². The Bertz CT molecular complexity index is 624. The zero-order chi connectivity index (χ0) is 16.3. The van der Waals surface area contributed by atoms with Gasteiger partial charge < -0.3 is 9.88 Å². The normalized spacial score (nSPS) is 19.7. The molecule has 8 heteroatoms. The molecule has 0 aromatic carbocycles.